The van der Waals surface area contributed by atoms with Crippen LogP contribution in [-0.2, 0) is 23.2 Å². The molecule has 0 saturated carbocycles. The highest BCUT2D eigenvalue weighted by Crippen LogP contribution is 2.21. The fraction of sp³-hybridized carbons (Fsp3) is 0.538. The maximum absolute atomic E-state index is 12.4. The summed E-state index contributed by atoms with van der Waals surface area (Å²) in [7, 11) is -3.92. The van der Waals surface area contributed by atoms with E-state index in [1.54, 1.807) is 0 Å². The first-order chi connectivity index (χ1) is 9.96. The number of fused-ring (bicyclic) bond motifs is 1. The van der Waals surface area contributed by atoms with Gasteiger partial charge in [0.15, 0.2) is 0 Å². The number of hydrogen-bond acceptors (Lipinski definition) is 5. The first-order valence-corrected chi connectivity index (χ1v) is 8.09. The van der Waals surface area contributed by atoms with Crippen LogP contribution in [0.1, 0.15) is 11.1 Å². The van der Waals surface area contributed by atoms with Gasteiger partial charge < -0.3 is 15.3 Å². The summed E-state index contributed by atoms with van der Waals surface area (Å²) in [6, 6.07) is 7.60. The van der Waals surface area contributed by atoms with E-state index < -0.39 is 35.6 Å². The Labute approximate surface area is 124 Å². The first kappa shape index (κ1) is 16.3. The average Bonchev–Trinajstić information content (AvgIpc) is 2.52. The highest BCUT2D eigenvalue weighted by Gasteiger charge is 2.36. The highest BCUT2D eigenvalue weighted by atomic mass is 32.2. The number of nitrogens with one attached hydrogen (secondary N) is 1. The van der Waals surface area contributed by atoms with Crippen LogP contribution in [0.3, 0.4) is 0 Å². The molecule has 0 spiro atoms. The standard InChI is InChI=1S/C13H20N2O5S/c16-8-13(9-17,10-18)14-21(19,20)15-6-5-11-3-1-2-4-12(11)7-15/h1-4,14,16-18H,5-10H2. The van der Waals surface area contributed by atoms with Gasteiger partial charge in [-0.05, 0) is 17.5 Å². The third-order valence-corrected chi connectivity index (χ3v) is 5.37. The second-order valence-corrected chi connectivity index (χ2v) is 6.88. The van der Waals surface area contributed by atoms with E-state index in [-0.39, 0.29) is 6.54 Å². The van der Waals surface area contributed by atoms with Gasteiger partial charge in [-0.15, -0.1) is 0 Å². The number of rotatable bonds is 6. The van der Waals surface area contributed by atoms with E-state index in [4.69, 9.17) is 0 Å². The van der Waals surface area contributed by atoms with Crippen LogP contribution in [0.25, 0.3) is 0 Å². The molecule has 7 nitrogen and oxygen atoms in total. The summed E-state index contributed by atoms with van der Waals surface area (Å²) in [4.78, 5) is 0. The number of benzene rings is 1. The third kappa shape index (κ3) is 3.42. The lowest BCUT2D eigenvalue weighted by Crippen LogP contribution is -2.60. The molecule has 1 aromatic rings. The summed E-state index contributed by atoms with van der Waals surface area (Å²) in [5.41, 5.74) is 0.383. The maximum atomic E-state index is 12.4. The van der Waals surface area contributed by atoms with E-state index in [1.165, 1.54) is 4.31 Å². The van der Waals surface area contributed by atoms with Crippen LogP contribution >= 0.6 is 0 Å². The van der Waals surface area contributed by atoms with Crippen molar-refractivity contribution in [1.29, 1.82) is 0 Å². The Morgan fingerprint density at radius 2 is 1.67 bits per heavy atom. The molecule has 0 saturated heterocycles. The Bertz CT molecular complexity index is 578. The van der Waals surface area contributed by atoms with Gasteiger partial charge in [0.1, 0.15) is 5.54 Å². The van der Waals surface area contributed by atoms with Gasteiger partial charge >= 0.3 is 0 Å². The van der Waals surface area contributed by atoms with Gasteiger partial charge in [-0.1, -0.05) is 24.3 Å². The number of nitrogens with zero attached hydrogens (tertiary/aromatic N) is 1. The number of aliphatic hydroxyl groups is 3. The molecule has 1 heterocycles. The molecule has 1 aliphatic rings. The lowest BCUT2D eigenvalue weighted by Gasteiger charge is -2.34. The fourth-order valence-corrected chi connectivity index (χ4v) is 3.77. The zero-order valence-corrected chi connectivity index (χ0v) is 12.4. The monoisotopic (exact) mass is 316 g/mol. The summed E-state index contributed by atoms with van der Waals surface area (Å²) in [6.07, 6.45) is 0.599. The quantitative estimate of drug-likeness (QED) is 0.516. The Morgan fingerprint density at radius 1 is 1.10 bits per heavy atom. The zero-order chi connectivity index (χ0) is 15.5. The summed E-state index contributed by atoms with van der Waals surface area (Å²) in [5, 5.41) is 27.7. The van der Waals surface area contributed by atoms with Crippen LogP contribution in [0.5, 0.6) is 0 Å². The Kier molecular flexibility index (Phi) is 4.97. The molecular weight excluding hydrogens is 296 g/mol. The zero-order valence-electron chi connectivity index (χ0n) is 11.6. The summed E-state index contributed by atoms with van der Waals surface area (Å²) >= 11 is 0. The second kappa shape index (κ2) is 6.39. The lowest BCUT2D eigenvalue weighted by atomic mass is 10.0. The molecule has 0 fully saturated rings. The van der Waals surface area contributed by atoms with Crippen molar-refractivity contribution >= 4 is 10.2 Å². The normalized spacial score (nSPS) is 16.7. The van der Waals surface area contributed by atoms with Crippen molar-refractivity contribution in [2.75, 3.05) is 26.4 Å². The topological polar surface area (TPSA) is 110 Å². The van der Waals surface area contributed by atoms with Crippen LogP contribution in [0.2, 0.25) is 0 Å². The van der Waals surface area contributed by atoms with Gasteiger partial charge in [-0.25, -0.2) is 0 Å². The molecule has 0 atom stereocenters. The van der Waals surface area contributed by atoms with Crippen LogP contribution in [0.15, 0.2) is 24.3 Å². The van der Waals surface area contributed by atoms with E-state index in [9.17, 15) is 23.7 Å². The molecule has 8 heteroatoms. The summed E-state index contributed by atoms with van der Waals surface area (Å²) in [5.74, 6) is 0. The number of aliphatic hydroxyl groups excluding tert-OH is 3. The van der Waals surface area contributed by atoms with Crippen LogP contribution in [0, 0.1) is 0 Å². The van der Waals surface area contributed by atoms with Gasteiger partial charge in [0.25, 0.3) is 10.2 Å². The van der Waals surface area contributed by atoms with E-state index in [0.717, 1.165) is 11.1 Å². The van der Waals surface area contributed by atoms with E-state index in [2.05, 4.69) is 4.72 Å². The molecule has 1 aromatic carbocycles. The van der Waals surface area contributed by atoms with E-state index >= 15 is 0 Å². The van der Waals surface area contributed by atoms with Crippen molar-refractivity contribution in [3.05, 3.63) is 35.4 Å². The minimum absolute atomic E-state index is 0.226. The SMILES string of the molecule is O=S(=O)(NC(CO)(CO)CO)N1CCc2ccccc2C1. The predicted octanol–water partition coefficient (Wildman–Crippen LogP) is -1.41. The minimum atomic E-state index is -3.92. The molecular formula is C13H20N2O5S. The maximum Gasteiger partial charge on any atom is 0.280 e. The fourth-order valence-electron chi connectivity index (χ4n) is 2.26. The molecule has 0 aromatic heterocycles. The third-order valence-electron chi connectivity index (χ3n) is 3.69. The summed E-state index contributed by atoms with van der Waals surface area (Å²) < 4.78 is 28.2. The van der Waals surface area contributed by atoms with Crippen molar-refractivity contribution < 1.29 is 23.7 Å². The van der Waals surface area contributed by atoms with Crippen molar-refractivity contribution in [2.45, 2.75) is 18.5 Å². The minimum Gasteiger partial charge on any atom is -0.394 e. The smallest absolute Gasteiger partial charge is 0.280 e. The van der Waals surface area contributed by atoms with Gasteiger partial charge in [0.2, 0.25) is 0 Å². The van der Waals surface area contributed by atoms with Crippen molar-refractivity contribution in [3.8, 4) is 0 Å². The van der Waals surface area contributed by atoms with Gasteiger partial charge in [0, 0.05) is 13.1 Å². The van der Waals surface area contributed by atoms with Crippen LogP contribution in [-0.4, -0.2) is 59.9 Å². The molecule has 0 amide bonds. The largest absolute Gasteiger partial charge is 0.394 e. The lowest BCUT2D eigenvalue weighted by molar-refractivity contribution is 0.0567. The molecule has 2 rings (SSSR count). The molecule has 1 aliphatic heterocycles. The van der Waals surface area contributed by atoms with Crippen molar-refractivity contribution in [1.82, 2.24) is 9.03 Å². The van der Waals surface area contributed by atoms with Gasteiger partial charge in [0.05, 0.1) is 19.8 Å². The molecule has 4 N–H and O–H groups in total. The van der Waals surface area contributed by atoms with Crippen molar-refractivity contribution in [2.24, 2.45) is 0 Å². The molecule has 0 bridgehead atoms. The first-order valence-electron chi connectivity index (χ1n) is 6.65. The Hall–Kier alpha value is -1.03. The summed E-state index contributed by atoms with van der Waals surface area (Å²) in [6.45, 7) is -1.54. The van der Waals surface area contributed by atoms with Crippen LogP contribution in [0.4, 0.5) is 0 Å². The average molecular weight is 316 g/mol. The van der Waals surface area contributed by atoms with Crippen LogP contribution < -0.4 is 4.72 Å². The van der Waals surface area contributed by atoms with Crippen molar-refractivity contribution in [3.63, 3.8) is 0 Å². The molecule has 0 unspecified atom stereocenters. The van der Waals surface area contributed by atoms with E-state index in [1.807, 2.05) is 24.3 Å². The Balaban J connectivity index is 2.18. The van der Waals surface area contributed by atoms with E-state index in [0.29, 0.717) is 13.0 Å². The molecule has 0 aliphatic carbocycles. The molecule has 21 heavy (non-hydrogen) atoms. The van der Waals surface area contributed by atoms with Gasteiger partial charge in [-0.3, -0.25) is 0 Å². The second-order valence-electron chi connectivity index (χ2n) is 5.21. The predicted molar refractivity (Wildman–Crippen MR) is 76.6 cm³/mol. The highest BCUT2D eigenvalue weighted by molar-refractivity contribution is 7.87. The number of hydrogen-bond donors (Lipinski definition) is 4. The Morgan fingerprint density at radius 3 is 2.24 bits per heavy atom. The molecule has 118 valence electrons. The van der Waals surface area contributed by atoms with Gasteiger partial charge in [-0.2, -0.15) is 17.4 Å². The molecule has 0 radical (unpaired) electrons.